The van der Waals surface area contributed by atoms with E-state index in [4.69, 9.17) is 11.6 Å². The van der Waals surface area contributed by atoms with E-state index in [9.17, 15) is 13.6 Å². The molecule has 0 saturated carbocycles. The van der Waals surface area contributed by atoms with Gasteiger partial charge in [-0.05, 0) is 42.9 Å². The van der Waals surface area contributed by atoms with Gasteiger partial charge in [-0.25, -0.2) is 8.78 Å². The summed E-state index contributed by atoms with van der Waals surface area (Å²) in [7, 11) is 1.75. The predicted molar refractivity (Wildman–Crippen MR) is 82.8 cm³/mol. The molecule has 0 atom stereocenters. The van der Waals surface area contributed by atoms with E-state index in [1.165, 1.54) is 24.3 Å². The fourth-order valence-electron chi connectivity index (χ4n) is 2.03. The summed E-state index contributed by atoms with van der Waals surface area (Å²) in [6.07, 6.45) is 0. The molecule has 0 radical (unpaired) electrons. The van der Waals surface area contributed by atoms with Gasteiger partial charge >= 0.3 is 0 Å². The van der Waals surface area contributed by atoms with Crippen molar-refractivity contribution in [3.05, 3.63) is 64.7 Å². The molecule has 0 spiro atoms. The summed E-state index contributed by atoms with van der Waals surface area (Å²) in [4.78, 5) is 13.7. The predicted octanol–water partition coefficient (Wildman–Crippen LogP) is 3.69. The largest absolute Gasteiger partial charge is 0.324 e. The lowest BCUT2D eigenvalue weighted by molar-refractivity contribution is -0.117. The first-order valence-electron chi connectivity index (χ1n) is 6.62. The van der Waals surface area contributed by atoms with Gasteiger partial charge in [-0.3, -0.25) is 9.69 Å². The lowest BCUT2D eigenvalue weighted by Crippen LogP contribution is -2.29. The fraction of sp³-hybridized carbons (Fsp3) is 0.188. The Labute approximate surface area is 132 Å². The van der Waals surface area contributed by atoms with Crippen LogP contribution in [0.2, 0.25) is 5.02 Å². The third-order valence-corrected chi connectivity index (χ3v) is 3.27. The first-order chi connectivity index (χ1) is 10.4. The monoisotopic (exact) mass is 324 g/mol. The summed E-state index contributed by atoms with van der Waals surface area (Å²) in [5, 5.41) is 2.75. The smallest absolute Gasteiger partial charge is 0.238 e. The van der Waals surface area contributed by atoms with Crippen molar-refractivity contribution in [2.45, 2.75) is 6.54 Å². The van der Waals surface area contributed by atoms with E-state index in [-0.39, 0.29) is 23.3 Å². The van der Waals surface area contributed by atoms with Gasteiger partial charge in [-0.1, -0.05) is 23.7 Å². The molecule has 2 aromatic carbocycles. The number of nitrogens with zero attached hydrogens (tertiary/aromatic N) is 1. The average Bonchev–Trinajstić information content (AvgIpc) is 2.41. The summed E-state index contributed by atoms with van der Waals surface area (Å²) in [6, 6.07) is 9.96. The van der Waals surface area contributed by atoms with Gasteiger partial charge in [0.25, 0.3) is 0 Å². The Morgan fingerprint density at radius 2 is 1.91 bits per heavy atom. The SMILES string of the molecule is CN(CC(=O)Nc1ccc(F)cc1Cl)Cc1cccc(F)c1. The quantitative estimate of drug-likeness (QED) is 0.909. The molecule has 116 valence electrons. The van der Waals surface area contributed by atoms with Crippen molar-refractivity contribution >= 4 is 23.2 Å². The highest BCUT2D eigenvalue weighted by Gasteiger charge is 2.10. The number of benzene rings is 2. The van der Waals surface area contributed by atoms with Crippen molar-refractivity contribution in [2.24, 2.45) is 0 Å². The van der Waals surface area contributed by atoms with Crippen LogP contribution in [-0.2, 0) is 11.3 Å². The van der Waals surface area contributed by atoms with Crippen LogP contribution in [0.25, 0.3) is 0 Å². The molecule has 1 amide bonds. The summed E-state index contributed by atoms with van der Waals surface area (Å²) >= 11 is 5.85. The lowest BCUT2D eigenvalue weighted by atomic mass is 10.2. The number of hydrogen-bond donors (Lipinski definition) is 1. The normalized spacial score (nSPS) is 10.8. The molecular weight excluding hydrogens is 310 g/mol. The third kappa shape index (κ3) is 4.79. The Bertz CT molecular complexity index is 679. The van der Waals surface area contributed by atoms with Crippen LogP contribution in [0, 0.1) is 11.6 Å². The minimum atomic E-state index is -0.466. The van der Waals surface area contributed by atoms with Gasteiger partial charge in [-0.2, -0.15) is 0 Å². The number of carbonyl (C=O) groups is 1. The molecule has 0 bridgehead atoms. The molecule has 1 N–H and O–H groups in total. The molecule has 0 aromatic heterocycles. The van der Waals surface area contributed by atoms with Gasteiger partial charge in [0.15, 0.2) is 0 Å². The van der Waals surface area contributed by atoms with Crippen LogP contribution >= 0.6 is 11.6 Å². The van der Waals surface area contributed by atoms with E-state index in [2.05, 4.69) is 5.32 Å². The number of amides is 1. The summed E-state index contributed by atoms with van der Waals surface area (Å²) in [6.45, 7) is 0.534. The first kappa shape index (κ1) is 16.4. The van der Waals surface area contributed by atoms with Gasteiger partial charge in [0.1, 0.15) is 11.6 Å². The molecule has 0 heterocycles. The molecule has 2 rings (SSSR count). The molecule has 2 aromatic rings. The standard InChI is InChI=1S/C16H15ClF2N2O/c1-21(9-11-3-2-4-12(18)7-11)10-16(22)20-15-6-5-13(19)8-14(15)17/h2-8H,9-10H2,1H3,(H,20,22). The van der Waals surface area contributed by atoms with E-state index in [1.54, 1.807) is 24.1 Å². The second kappa shape index (κ2) is 7.33. The molecule has 0 fully saturated rings. The van der Waals surface area contributed by atoms with E-state index >= 15 is 0 Å². The number of likely N-dealkylation sites (N-methyl/N-ethyl adjacent to an activating group) is 1. The van der Waals surface area contributed by atoms with Crippen LogP contribution in [0.5, 0.6) is 0 Å². The van der Waals surface area contributed by atoms with Gasteiger partial charge in [-0.15, -0.1) is 0 Å². The van der Waals surface area contributed by atoms with E-state index in [0.29, 0.717) is 12.2 Å². The Balaban J connectivity index is 1.91. The Morgan fingerprint density at radius 3 is 2.59 bits per heavy atom. The number of halogens is 3. The highest BCUT2D eigenvalue weighted by molar-refractivity contribution is 6.33. The molecule has 0 aliphatic rings. The minimum Gasteiger partial charge on any atom is -0.324 e. The van der Waals surface area contributed by atoms with E-state index < -0.39 is 5.82 Å². The maximum absolute atomic E-state index is 13.1. The Morgan fingerprint density at radius 1 is 1.18 bits per heavy atom. The highest BCUT2D eigenvalue weighted by atomic mass is 35.5. The fourth-order valence-corrected chi connectivity index (χ4v) is 2.24. The molecule has 22 heavy (non-hydrogen) atoms. The number of rotatable bonds is 5. The third-order valence-electron chi connectivity index (χ3n) is 2.96. The molecular formula is C16H15ClF2N2O. The summed E-state index contributed by atoms with van der Waals surface area (Å²) in [5.41, 5.74) is 1.13. The van der Waals surface area contributed by atoms with Gasteiger partial charge < -0.3 is 5.32 Å². The summed E-state index contributed by atoms with van der Waals surface area (Å²) in [5.74, 6) is -1.06. The molecule has 0 saturated heterocycles. The van der Waals surface area contributed by atoms with Crippen molar-refractivity contribution in [2.75, 3.05) is 18.9 Å². The van der Waals surface area contributed by atoms with E-state index in [1.807, 2.05) is 0 Å². The summed E-state index contributed by atoms with van der Waals surface area (Å²) < 4.78 is 26.0. The van der Waals surface area contributed by atoms with Gasteiger partial charge in [0, 0.05) is 6.54 Å². The van der Waals surface area contributed by atoms with E-state index in [0.717, 1.165) is 11.6 Å². The van der Waals surface area contributed by atoms with Crippen LogP contribution in [0.15, 0.2) is 42.5 Å². The van der Waals surface area contributed by atoms with Crippen LogP contribution in [0.3, 0.4) is 0 Å². The maximum Gasteiger partial charge on any atom is 0.238 e. The molecule has 3 nitrogen and oxygen atoms in total. The first-order valence-corrected chi connectivity index (χ1v) is 7.00. The van der Waals surface area contributed by atoms with Crippen LogP contribution < -0.4 is 5.32 Å². The van der Waals surface area contributed by atoms with Crippen molar-refractivity contribution < 1.29 is 13.6 Å². The number of carbonyl (C=O) groups excluding carboxylic acids is 1. The number of nitrogens with one attached hydrogen (secondary N) is 1. The molecule has 0 aliphatic heterocycles. The molecule has 0 unspecified atom stereocenters. The lowest BCUT2D eigenvalue weighted by Gasteiger charge is -2.16. The Hall–Kier alpha value is -1.98. The van der Waals surface area contributed by atoms with Crippen molar-refractivity contribution in [1.82, 2.24) is 4.90 Å². The zero-order valence-corrected chi connectivity index (χ0v) is 12.7. The second-order valence-corrected chi connectivity index (χ2v) is 5.38. The van der Waals surface area contributed by atoms with Crippen LogP contribution in [-0.4, -0.2) is 24.4 Å². The Kier molecular flexibility index (Phi) is 5.46. The topological polar surface area (TPSA) is 32.3 Å². The van der Waals surface area contributed by atoms with Crippen molar-refractivity contribution in [3.63, 3.8) is 0 Å². The maximum atomic E-state index is 13.1. The number of anilines is 1. The second-order valence-electron chi connectivity index (χ2n) is 4.97. The highest BCUT2D eigenvalue weighted by Crippen LogP contribution is 2.22. The van der Waals surface area contributed by atoms with Crippen molar-refractivity contribution in [1.29, 1.82) is 0 Å². The zero-order chi connectivity index (χ0) is 16.1. The van der Waals surface area contributed by atoms with Gasteiger partial charge in [0.05, 0.1) is 17.3 Å². The van der Waals surface area contributed by atoms with Gasteiger partial charge in [0.2, 0.25) is 5.91 Å². The average molecular weight is 325 g/mol. The molecule has 0 aliphatic carbocycles. The molecule has 6 heteroatoms. The minimum absolute atomic E-state index is 0.101. The van der Waals surface area contributed by atoms with Crippen LogP contribution in [0.1, 0.15) is 5.56 Å². The zero-order valence-electron chi connectivity index (χ0n) is 11.9. The van der Waals surface area contributed by atoms with Crippen LogP contribution in [0.4, 0.5) is 14.5 Å². The van der Waals surface area contributed by atoms with Crippen molar-refractivity contribution in [3.8, 4) is 0 Å². The number of hydrogen-bond acceptors (Lipinski definition) is 2.